The number of carboxylic acid groups (broad SMARTS) is 1. The summed E-state index contributed by atoms with van der Waals surface area (Å²) >= 11 is 0. The Balaban J connectivity index is 2.16. The zero-order valence-corrected chi connectivity index (χ0v) is 12.7. The zero-order chi connectivity index (χ0) is 15.3. The van der Waals surface area contributed by atoms with E-state index in [1.165, 1.54) is 38.5 Å². The van der Waals surface area contributed by atoms with Crippen molar-refractivity contribution in [3.63, 3.8) is 0 Å². The van der Waals surface area contributed by atoms with Gasteiger partial charge in [-0.2, -0.15) is 0 Å². The summed E-state index contributed by atoms with van der Waals surface area (Å²) in [6.45, 7) is 2.96. The molecule has 0 heterocycles. The van der Waals surface area contributed by atoms with Gasteiger partial charge in [-0.1, -0.05) is 51.4 Å². The Kier molecular flexibility index (Phi) is 8.79. The van der Waals surface area contributed by atoms with E-state index in [2.05, 4.69) is 18.8 Å². The molecule has 1 aromatic rings. The number of hydrogen-bond donors (Lipinski definition) is 1. The van der Waals surface area contributed by atoms with Gasteiger partial charge in [0.15, 0.2) is 0 Å². The van der Waals surface area contributed by atoms with Crippen LogP contribution in [0.5, 0.6) is 5.75 Å². The van der Waals surface area contributed by atoms with Crippen molar-refractivity contribution in [3.05, 3.63) is 29.8 Å². The molecule has 114 valence electrons. The molecule has 0 unspecified atom stereocenters. The molecule has 0 fully saturated rings. The molecule has 21 heavy (non-hydrogen) atoms. The molecule has 0 aliphatic heterocycles. The molecule has 0 spiro atoms. The largest absolute Gasteiger partial charge is 0.494 e. The highest BCUT2D eigenvalue weighted by Crippen LogP contribution is 2.13. The molecular weight excluding hydrogens is 264 g/mol. The molecule has 3 nitrogen and oxygen atoms in total. The minimum Gasteiger partial charge on any atom is -0.494 e. The van der Waals surface area contributed by atoms with Crippen LogP contribution < -0.4 is 4.74 Å². The highest BCUT2D eigenvalue weighted by molar-refractivity contribution is 5.87. The van der Waals surface area contributed by atoms with Crippen molar-refractivity contribution < 1.29 is 14.6 Å². The van der Waals surface area contributed by atoms with Gasteiger partial charge in [-0.25, -0.2) is 4.79 Å². The molecule has 0 saturated carbocycles. The SMILES string of the molecule is CCCCCCCCCOc1ccc(C#CC(=O)O)cc1. The maximum atomic E-state index is 10.3. The Bertz CT molecular complexity index is 465. The Morgan fingerprint density at radius 1 is 1.05 bits per heavy atom. The van der Waals surface area contributed by atoms with Crippen molar-refractivity contribution in [2.45, 2.75) is 51.9 Å². The van der Waals surface area contributed by atoms with E-state index in [9.17, 15) is 4.79 Å². The van der Waals surface area contributed by atoms with E-state index < -0.39 is 5.97 Å². The third-order valence-corrected chi connectivity index (χ3v) is 3.18. The van der Waals surface area contributed by atoms with Gasteiger partial charge in [0.05, 0.1) is 6.61 Å². The molecule has 0 atom stereocenters. The Morgan fingerprint density at radius 3 is 2.29 bits per heavy atom. The second kappa shape index (κ2) is 10.8. The zero-order valence-electron chi connectivity index (χ0n) is 12.7. The number of unbranched alkanes of at least 4 members (excludes halogenated alkanes) is 6. The fourth-order valence-corrected chi connectivity index (χ4v) is 2.01. The van der Waals surface area contributed by atoms with Crippen molar-refractivity contribution in [2.24, 2.45) is 0 Å². The summed E-state index contributed by atoms with van der Waals surface area (Å²) in [7, 11) is 0. The summed E-state index contributed by atoms with van der Waals surface area (Å²) in [6, 6.07) is 7.20. The Labute approximate surface area is 127 Å². The highest BCUT2D eigenvalue weighted by Gasteiger charge is 1.95. The van der Waals surface area contributed by atoms with Crippen LogP contribution in [-0.2, 0) is 4.79 Å². The number of hydrogen-bond acceptors (Lipinski definition) is 2. The quantitative estimate of drug-likeness (QED) is 0.546. The van der Waals surface area contributed by atoms with E-state index >= 15 is 0 Å². The third-order valence-electron chi connectivity index (χ3n) is 3.18. The summed E-state index contributed by atoms with van der Waals surface area (Å²) in [6.07, 6.45) is 8.87. The number of carbonyl (C=O) groups is 1. The van der Waals surface area contributed by atoms with Gasteiger partial charge in [-0.3, -0.25) is 0 Å². The molecule has 1 aromatic carbocycles. The summed E-state index contributed by atoms with van der Waals surface area (Å²) in [5, 5.41) is 8.47. The number of aliphatic carboxylic acids is 1. The molecule has 0 saturated heterocycles. The normalized spacial score (nSPS) is 9.76. The molecule has 0 aliphatic carbocycles. The number of rotatable bonds is 9. The summed E-state index contributed by atoms with van der Waals surface area (Å²) < 4.78 is 5.65. The average molecular weight is 288 g/mol. The molecular formula is C18H24O3. The minimum absolute atomic E-state index is 0.681. The average Bonchev–Trinajstić information content (AvgIpc) is 2.49. The molecule has 0 bridgehead atoms. The van der Waals surface area contributed by atoms with E-state index in [0.29, 0.717) is 5.56 Å². The Hall–Kier alpha value is -1.95. The molecule has 0 aliphatic rings. The first kappa shape index (κ1) is 17.1. The number of ether oxygens (including phenoxy) is 1. The molecule has 1 rings (SSSR count). The van der Waals surface area contributed by atoms with Gasteiger partial charge in [0.1, 0.15) is 5.75 Å². The minimum atomic E-state index is -1.12. The molecule has 0 amide bonds. The van der Waals surface area contributed by atoms with Crippen molar-refractivity contribution in [1.82, 2.24) is 0 Å². The van der Waals surface area contributed by atoms with Gasteiger partial charge in [-0.05, 0) is 30.7 Å². The van der Waals surface area contributed by atoms with Crippen LogP contribution in [0.25, 0.3) is 0 Å². The summed E-state index contributed by atoms with van der Waals surface area (Å²) in [4.78, 5) is 10.3. The van der Waals surface area contributed by atoms with Crippen LogP contribution in [0, 0.1) is 11.8 Å². The predicted octanol–water partition coefficient (Wildman–Crippen LogP) is 4.25. The monoisotopic (exact) mass is 288 g/mol. The lowest BCUT2D eigenvalue weighted by Crippen LogP contribution is -1.97. The van der Waals surface area contributed by atoms with E-state index in [1.807, 2.05) is 12.1 Å². The fraction of sp³-hybridized carbons (Fsp3) is 0.500. The molecule has 3 heteroatoms. The van der Waals surface area contributed by atoms with E-state index in [0.717, 1.165) is 18.8 Å². The van der Waals surface area contributed by atoms with Crippen LogP contribution in [0.2, 0.25) is 0 Å². The lowest BCUT2D eigenvalue weighted by Gasteiger charge is -2.06. The van der Waals surface area contributed by atoms with E-state index in [-0.39, 0.29) is 0 Å². The second-order valence-electron chi connectivity index (χ2n) is 5.05. The number of carboxylic acids is 1. The van der Waals surface area contributed by atoms with Gasteiger partial charge >= 0.3 is 5.97 Å². The first-order valence-corrected chi connectivity index (χ1v) is 7.70. The Morgan fingerprint density at radius 2 is 1.67 bits per heavy atom. The number of benzene rings is 1. The van der Waals surface area contributed by atoms with E-state index in [4.69, 9.17) is 9.84 Å². The first-order valence-electron chi connectivity index (χ1n) is 7.70. The standard InChI is InChI=1S/C18H24O3/c1-2-3-4-5-6-7-8-15-21-17-12-9-16(10-13-17)11-14-18(19)20/h9-10,12-13H,2-8,15H2,1H3,(H,19,20). The van der Waals surface area contributed by atoms with E-state index in [1.54, 1.807) is 12.1 Å². The van der Waals surface area contributed by atoms with Crippen molar-refractivity contribution >= 4 is 5.97 Å². The van der Waals surface area contributed by atoms with Crippen LogP contribution in [0.15, 0.2) is 24.3 Å². The van der Waals surface area contributed by atoms with Gasteiger partial charge in [0.25, 0.3) is 0 Å². The first-order chi connectivity index (χ1) is 10.2. The van der Waals surface area contributed by atoms with Crippen molar-refractivity contribution in [1.29, 1.82) is 0 Å². The maximum Gasteiger partial charge on any atom is 0.382 e. The second-order valence-corrected chi connectivity index (χ2v) is 5.05. The van der Waals surface area contributed by atoms with Gasteiger partial charge in [0.2, 0.25) is 0 Å². The molecule has 1 N–H and O–H groups in total. The molecule has 0 aromatic heterocycles. The van der Waals surface area contributed by atoms with Crippen molar-refractivity contribution in [3.8, 4) is 17.6 Å². The maximum absolute atomic E-state index is 10.3. The van der Waals surface area contributed by atoms with Crippen LogP contribution in [0.3, 0.4) is 0 Å². The lowest BCUT2D eigenvalue weighted by atomic mass is 10.1. The predicted molar refractivity (Wildman–Crippen MR) is 84.4 cm³/mol. The van der Waals surface area contributed by atoms with Crippen molar-refractivity contribution in [2.75, 3.05) is 6.61 Å². The van der Waals surface area contributed by atoms with Crippen LogP contribution >= 0.6 is 0 Å². The van der Waals surface area contributed by atoms with Crippen LogP contribution in [0.4, 0.5) is 0 Å². The lowest BCUT2D eigenvalue weighted by molar-refractivity contribution is -0.130. The summed E-state index contributed by atoms with van der Waals surface area (Å²) in [5.74, 6) is 4.35. The van der Waals surface area contributed by atoms with Gasteiger partial charge in [0, 0.05) is 11.5 Å². The van der Waals surface area contributed by atoms with Gasteiger partial charge in [-0.15, -0.1) is 0 Å². The smallest absolute Gasteiger partial charge is 0.382 e. The van der Waals surface area contributed by atoms with Crippen LogP contribution in [-0.4, -0.2) is 17.7 Å². The van der Waals surface area contributed by atoms with Crippen LogP contribution in [0.1, 0.15) is 57.4 Å². The van der Waals surface area contributed by atoms with Gasteiger partial charge < -0.3 is 9.84 Å². The third kappa shape index (κ3) is 8.75. The summed E-state index contributed by atoms with van der Waals surface area (Å²) in [5.41, 5.74) is 0.681. The fourth-order valence-electron chi connectivity index (χ4n) is 2.01. The highest BCUT2D eigenvalue weighted by atomic mass is 16.5. The molecule has 0 radical (unpaired) electrons. The topological polar surface area (TPSA) is 46.5 Å².